The molecule has 0 aliphatic carbocycles. The molecule has 0 aromatic heterocycles. The molecule has 1 aromatic rings. The van der Waals surface area contributed by atoms with E-state index in [4.69, 9.17) is 0 Å². The minimum Gasteiger partial charge on any atom is -0.371 e. The molecule has 2 nitrogen and oxygen atoms in total. The summed E-state index contributed by atoms with van der Waals surface area (Å²) >= 11 is 0. The molecule has 1 fully saturated rings. The summed E-state index contributed by atoms with van der Waals surface area (Å²) in [7, 11) is 0. The van der Waals surface area contributed by atoms with E-state index in [2.05, 4.69) is 49.2 Å². The smallest absolute Gasteiger partial charge is 0.0398 e. The number of benzene rings is 1. The Hall–Kier alpha value is -1.02. The van der Waals surface area contributed by atoms with E-state index < -0.39 is 0 Å². The topological polar surface area (TPSA) is 15.3 Å². The SMILES string of the molecule is CCNCC1CCN(c2cc(C)ccc2C)C1. The molecular formula is C15H24N2. The molecule has 0 amide bonds. The van der Waals surface area contributed by atoms with Gasteiger partial charge in [-0.2, -0.15) is 0 Å². The second-order valence-corrected chi connectivity index (χ2v) is 5.20. The van der Waals surface area contributed by atoms with E-state index in [1.165, 1.54) is 36.3 Å². The summed E-state index contributed by atoms with van der Waals surface area (Å²) in [5.74, 6) is 0.815. The molecule has 2 rings (SSSR count). The van der Waals surface area contributed by atoms with Gasteiger partial charge in [-0.05, 0) is 56.5 Å². The first-order valence-electron chi connectivity index (χ1n) is 6.73. The zero-order valence-electron chi connectivity index (χ0n) is 11.3. The Kier molecular flexibility index (Phi) is 4.06. The molecule has 2 heteroatoms. The standard InChI is InChI=1S/C15H24N2/c1-4-16-10-14-7-8-17(11-14)15-9-12(2)5-6-13(15)3/h5-6,9,14,16H,4,7-8,10-11H2,1-3H3. The second kappa shape index (κ2) is 5.54. The molecule has 1 N–H and O–H groups in total. The molecule has 0 saturated carbocycles. The molecule has 1 saturated heterocycles. The normalized spacial score (nSPS) is 19.9. The van der Waals surface area contributed by atoms with Crippen molar-refractivity contribution in [3.05, 3.63) is 29.3 Å². The third-order valence-corrected chi connectivity index (χ3v) is 3.67. The Morgan fingerprint density at radius 2 is 2.18 bits per heavy atom. The quantitative estimate of drug-likeness (QED) is 0.858. The van der Waals surface area contributed by atoms with Crippen molar-refractivity contribution in [1.82, 2.24) is 5.32 Å². The largest absolute Gasteiger partial charge is 0.371 e. The van der Waals surface area contributed by atoms with E-state index >= 15 is 0 Å². The molecule has 1 unspecified atom stereocenters. The van der Waals surface area contributed by atoms with E-state index in [1.807, 2.05) is 0 Å². The molecule has 1 heterocycles. The molecule has 1 aliphatic rings. The zero-order valence-corrected chi connectivity index (χ0v) is 11.3. The van der Waals surface area contributed by atoms with Crippen LogP contribution in [0.25, 0.3) is 0 Å². The van der Waals surface area contributed by atoms with Crippen molar-refractivity contribution in [1.29, 1.82) is 0 Å². The molecule has 0 bridgehead atoms. The highest BCUT2D eigenvalue weighted by Crippen LogP contribution is 2.27. The molecular weight excluding hydrogens is 208 g/mol. The summed E-state index contributed by atoms with van der Waals surface area (Å²) in [6.07, 6.45) is 1.32. The lowest BCUT2D eigenvalue weighted by Crippen LogP contribution is -2.26. The van der Waals surface area contributed by atoms with Gasteiger partial charge in [0.25, 0.3) is 0 Å². The second-order valence-electron chi connectivity index (χ2n) is 5.20. The van der Waals surface area contributed by atoms with Crippen molar-refractivity contribution in [2.75, 3.05) is 31.1 Å². The van der Waals surface area contributed by atoms with E-state index in [0.29, 0.717) is 0 Å². The van der Waals surface area contributed by atoms with Crippen LogP contribution in [-0.2, 0) is 0 Å². The van der Waals surface area contributed by atoms with Crippen molar-refractivity contribution in [2.24, 2.45) is 5.92 Å². The van der Waals surface area contributed by atoms with Crippen LogP contribution >= 0.6 is 0 Å². The van der Waals surface area contributed by atoms with Crippen molar-refractivity contribution in [3.8, 4) is 0 Å². The zero-order chi connectivity index (χ0) is 12.3. The Morgan fingerprint density at radius 1 is 1.35 bits per heavy atom. The Morgan fingerprint density at radius 3 is 2.94 bits per heavy atom. The molecule has 94 valence electrons. The lowest BCUT2D eigenvalue weighted by atomic mass is 10.1. The van der Waals surface area contributed by atoms with Gasteiger partial charge in [-0.25, -0.2) is 0 Å². The number of anilines is 1. The van der Waals surface area contributed by atoms with E-state index in [9.17, 15) is 0 Å². The van der Waals surface area contributed by atoms with Crippen LogP contribution in [0.4, 0.5) is 5.69 Å². The van der Waals surface area contributed by atoms with Crippen LogP contribution in [0.15, 0.2) is 18.2 Å². The Balaban J connectivity index is 2.02. The highest BCUT2D eigenvalue weighted by atomic mass is 15.2. The maximum atomic E-state index is 3.46. The minimum atomic E-state index is 0.815. The first-order chi connectivity index (χ1) is 8.20. The van der Waals surface area contributed by atoms with Crippen LogP contribution in [0.1, 0.15) is 24.5 Å². The molecule has 1 atom stereocenters. The van der Waals surface area contributed by atoms with Gasteiger partial charge >= 0.3 is 0 Å². The van der Waals surface area contributed by atoms with Gasteiger partial charge in [-0.3, -0.25) is 0 Å². The number of rotatable bonds is 4. The van der Waals surface area contributed by atoms with Gasteiger partial charge in [0.05, 0.1) is 0 Å². The summed E-state index contributed by atoms with van der Waals surface area (Å²) in [6.45, 7) is 11.2. The summed E-state index contributed by atoms with van der Waals surface area (Å²) < 4.78 is 0. The molecule has 0 radical (unpaired) electrons. The summed E-state index contributed by atoms with van der Waals surface area (Å²) in [4.78, 5) is 2.55. The molecule has 17 heavy (non-hydrogen) atoms. The van der Waals surface area contributed by atoms with Gasteiger partial charge < -0.3 is 10.2 Å². The van der Waals surface area contributed by atoms with E-state index in [1.54, 1.807) is 0 Å². The summed E-state index contributed by atoms with van der Waals surface area (Å²) in [5, 5.41) is 3.46. The Bertz CT molecular complexity index is 373. The highest BCUT2D eigenvalue weighted by molar-refractivity contribution is 5.55. The third-order valence-electron chi connectivity index (χ3n) is 3.67. The van der Waals surface area contributed by atoms with E-state index in [0.717, 1.165) is 19.0 Å². The highest BCUT2D eigenvalue weighted by Gasteiger charge is 2.23. The molecule has 1 aliphatic heterocycles. The fourth-order valence-electron chi connectivity index (χ4n) is 2.63. The maximum Gasteiger partial charge on any atom is 0.0398 e. The fraction of sp³-hybridized carbons (Fsp3) is 0.600. The third kappa shape index (κ3) is 3.01. The lowest BCUT2D eigenvalue weighted by Gasteiger charge is -2.21. The van der Waals surface area contributed by atoms with Crippen LogP contribution in [-0.4, -0.2) is 26.2 Å². The van der Waals surface area contributed by atoms with Crippen molar-refractivity contribution < 1.29 is 0 Å². The number of hydrogen-bond donors (Lipinski definition) is 1. The van der Waals surface area contributed by atoms with Crippen LogP contribution in [0.5, 0.6) is 0 Å². The first-order valence-corrected chi connectivity index (χ1v) is 6.73. The fourth-order valence-corrected chi connectivity index (χ4v) is 2.63. The van der Waals surface area contributed by atoms with Crippen molar-refractivity contribution in [2.45, 2.75) is 27.2 Å². The average Bonchev–Trinajstić information content (AvgIpc) is 2.78. The van der Waals surface area contributed by atoms with E-state index in [-0.39, 0.29) is 0 Å². The van der Waals surface area contributed by atoms with Gasteiger partial charge in [-0.15, -0.1) is 0 Å². The lowest BCUT2D eigenvalue weighted by molar-refractivity contribution is 0.528. The predicted octanol–water partition coefficient (Wildman–Crippen LogP) is 2.74. The number of aryl methyl sites for hydroxylation is 2. The number of nitrogens with zero attached hydrogens (tertiary/aromatic N) is 1. The van der Waals surface area contributed by atoms with Gasteiger partial charge in [0.1, 0.15) is 0 Å². The average molecular weight is 232 g/mol. The maximum absolute atomic E-state index is 3.46. The predicted molar refractivity (Wildman–Crippen MR) is 74.8 cm³/mol. The van der Waals surface area contributed by atoms with Crippen LogP contribution in [0.2, 0.25) is 0 Å². The number of hydrogen-bond acceptors (Lipinski definition) is 2. The van der Waals surface area contributed by atoms with Gasteiger partial charge in [0.15, 0.2) is 0 Å². The van der Waals surface area contributed by atoms with Crippen molar-refractivity contribution >= 4 is 5.69 Å². The first kappa shape index (κ1) is 12.4. The number of nitrogens with one attached hydrogen (secondary N) is 1. The van der Waals surface area contributed by atoms with Crippen molar-refractivity contribution in [3.63, 3.8) is 0 Å². The van der Waals surface area contributed by atoms with Gasteiger partial charge in [-0.1, -0.05) is 19.1 Å². The van der Waals surface area contributed by atoms with Crippen LogP contribution in [0, 0.1) is 19.8 Å². The summed E-state index contributed by atoms with van der Waals surface area (Å²) in [5.41, 5.74) is 4.20. The monoisotopic (exact) mass is 232 g/mol. The van der Waals surface area contributed by atoms with Crippen LogP contribution < -0.4 is 10.2 Å². The Labute approximate surface area is 105 Å². The minimum absolute atomic E-state index is 0.815. The van der Waals surface area contributed by atoms with Gasteiger partial charge in [0.2, 0.25) is 0 Å². The molecule has 1 aromatic carbocycles. The van der Waals surface area contributed by atoms with Gasteiger partial charge in [0, 0.05) is 18.8 Å². The molecule has 0 spiro atoms. The summed E-state index contributed by atoms with van der Waals surface area (Å²) in [6, 6.07) is 6.76. The van der Waals surface area contributed by atoms with Crippen LogP contribution in [0.3, 0.4) is 0 Å².